The predicted octanol–water partition coefficient (Wildman–Crippen LogP) is 4.52. The Morgan fingerprint density at radius 2 is 1.24 bits per heavy atom. The van der Waals surface area contributed by atoms with Gasteiger partial charge >= 0.3 is 0 Å². The largest absolute Gasteiger partial charge is 0.349 e. The third-order valence-corrected chi connectivity index (χ3v) is 12.5. The summed E-state index contributed by atoms with van der Waals surface area (Å²) >= 11 is 0. The summed E-state index contributed by atoms with van der Waals surface area (Å²) in [5.41, 5.74) is 2.06. The summed E-state index contributed by atoms with van der Waals surface area (Å²) in [4.78, 5) is 0. The molecule has 0 aromatic carbocycles. The molecule has 7 saturated carbocycles. The van der Waals surface area contributed by atoms with Crippen molar-refractivity contribution in [2.75, 3.05) is 6.61 Å². The van der Waals surface area contributed by atoms with Crippen molar-refractivity contribution in [1.82, 2.24) is 0 Å². The molecule has 10 fully saturated rings. The lowest BCUT2D eigenvalue weighted by Crippen LogP contribution is -2.70. The molecular weight excluding hydrogens is 308 g/mol. The van der Waals surface area contributed by atoms with Crippen LogP contribution in [-0.2, 0) is 9.47 Å². The van der Waals surface area contributed by atoms with E-state index < -0.39 is 0 Å². The molecule has 2 heteroatoms. The first-order chi connectivity index (χ1) is 12.3. The van der Waals surface area contributed by atoms with E-state index in [9.17, 15) is 0 Å². The van der Waals surface area contributed by atoms with Gasteiger partial charge in [0.2, 0.25) is 0 Å². The van der Waals surface area contributed by atoms with Crippen LogP contribution in [0.5, 0.6) is 0 Å². The second-order valence-electron chi connectivity index (χ2n) is 11.7. The van der Waals surface area contributed by atoms with E-state index in [1.807, 2.05) is 0 Å². The standard InChI is InChI=1S/C23H30O2/c1-2-8-19(7-1)13-15-16-14(19)18-17(13)22-11-4-3-9-20(15,22)21(16)10-5-6-12-24-23(18,21)25-22/h13-18H,1-12H2/t13?,14?,15?,16?,17?,18?,20-,21+,22-,23+/m0/s1. The van der Waals surface area contributed by atoms with Crippen LogP contribution < -0.4 is 0 Å². The first-order valence-electron chi connectivity index (χ1n) is 11.7. The highest BCUT2D eigenvalue weighted by Crippen LogP contribution is 3.06. The molecule has 4 bridgehead atoms. The van der Waals surface area contributed by atoms with Crippen molar-refractivity contribution in [1.29, 1.82) is 0 Å². The molecule has 10 rings (SSSR count). The molecule has 25 heavy (non-hydrogen) atoms. The van der Waals surface area contributed by atoms with Crippen LogP contribution in [0.25, 0.3) is 0 Å². The second-order valence-corrected chi connectivity index (χ2v) is 11.7. The quantitative estimate of drug-likeness (QED) is 0.646. The molecular formula is C23H30O2. The fourth-order valence-corrected chi connectivity index (χ4v) is 13.2. The van der Waals surface area contributed by atoms with Crippen molar-refractivity contribution in [2.24, 2.45) is 51.8 Å². The summed E-state index contributed by atoms with van der Waals surface area (Å²) in [6, 6.07) is 0. The van der Waals surface area contributed by atoms with E-state index in [1.165, 1.54) is 57.8 Å². The van der Waals surface area contributed by atoms with Crippen LogP contribution in [0.3, 0.4) is 0 Å². The minimum absolute atomic E-state index is 0.106. The van der Waals surface area contributed by atoms with Gasteiger partial charge in [0.15, 0.2) is 5.79 Å². The number of rotatable bonds is 0. The van der Waals surface area contributed by atoms with E-state index in [0.29, 0.717) is 10.8 Å². The Hall–Kier alpha value is -0.0800. The van der Waals surface area contributed by atoms with Gasteiger partial charge in [0.05, 0.1) is 12.2 Å². The monoisotopic (exact) mass is 338 g/mol. The third-order valence-electron chi connectivity index (χ3n) is 12.5. The van der Waals surface area contributed by atoms with Crippen molar-refractivity contribution in [3.63, 3.8) is 0 Å². The molecule has 10 atom stereocenters. The Labute approximate surface area is 150 Å². The van der Waals surface area contributed by atoms with Crippen LogP contribution in [0.1, 0.15) is 70.6 Å². The minimum Gasteiger partial charge on any atom is -0.349 e. The highest BCUT2D eigenvalue weighted by molar-refractivity contribution is 5.53. The van der Waals surface area contributed by atoms with Crippen molar-refractivity contribution in [2.45, 2.75) is 82.0 Å². The van der Waals surface area contributed by atoms with Gasteiger partial charge in [-0.25, -0.2) is 0 Å². The van der Waals surface area contributed by atoms with Gasteiger partial charge in [0.1, 0.15) is 0 Å². The summed E-state index contributed by atoms with van der Waals surface area (Å²) in [6.45, 7) is 0.985. The fraction of sp³-hybridized carbons (Fsp3) is 1.00. The highest BCUT2D eigenvalue weighted by Gasteiger charge is 3.09. The first kappa shape index (κ1) is 13.2. The lowest BCUT2D eigenvalue weighted by molar-refractivity contribution is -0.287. The van der Waals surface area contributed by atoms with Gasteiger partial charge in [0.25, 0.3) is 0 Å². The maximum atomic E-state index is 7.39. The summed E-state index contributed by atoms with van der Waals surface area (Å²) < 4.78 is 14.3. The van der Waals surface area contributed by atoms with Gasteiger partial charge in [-0.15, -0.1) is 0 Å². The lowest BCUT2D eigenvalue weighted by Gasteiger charge is -2.68. The van der Waals surface area contributed by atoms with Crippen molar-refractivity contribution in [3.05, 3.63) is 0 Å². The first-order valence-corrected chi connectivity index (χ1v) is 11.7. The molecule has 2 nitrogen and oxygen atoms in total. The van der Waals surface area contributed by atoms with Crippen LogP contribution >= 0.6 is 0 Å². The minimum atomic E-state index is -0.106. The van der Waals surface area contributed by atoms with Gasteiger partial charge in [-0.2, -0.15) is 0 Å². The van der Waals surface area contributed by atoms with Crippen molar-refractivity contribution < 1.29 is 9.47 Å². The summed E-state index contributed by atoms with van der Waals surface area (Å²) in [6.07, 6.45) is 16.1. The van der Waals surface area contributed by atoms with Gasteiger partial charge in [0, 0.05) is 22.7 Å². The average molecular weight is 338 g/mol. The molecule has 10 aliphatic rings. The Morgan fingerprint density at radius 3 is 2.16 bits per heavy atom. The smallest absolute Gasteiger partial charge is 0.179 e. The zero-order valence-corrected chi connectivity index (χ0v) is 15.3. The number of hydrogen-bond acceptors (Lipinski definition) is 2. The van der Waals surface area contributed by atoms with Crippen molar-refractivity contribution in [3.8, 4) is 0 Å². The molecule has 0 amide bonds. The molecule has 3 aliphatic heterocycles. The van der Waals surface area contributed by atoms with E-state index in [1.54, 1.807) is 12.8 Å². The van der Waals surface area contributed by atoms with Crippen molar-refractivity contribution >= 4 is 0 Å². The van der Waals surface area contributed by atoms with Gasteiger partial charge < -0.3 is 9.47 Å². The number of ether oxygens (including phenoxy) is 2. The molecule has 5 spiro atoms. The van der Waals surface area contributed by atoms with E-state index in [-0.39, 0.29) is 11.4 Å². The van der Waals surface area contributed by atoms with Gasteiger partial charge in [-0.3, -0.25) is 0 Å². The van der Waals surface area contributed by atoms with Crippen LogP contribution in [0.2, 0.25) is 0 Å². The zero-order valence-electron chi connectivity index (χ0n) is 15.3. The van der Waals surface area contributed by atoms with Crippen LogP contribution in [-0.4, -0.2) is 18.0 Å². The van der Waals surface area contributed by atoms with E-state index >= 15 is 0 Å². The predicted molar refractivity (Wildman–Crippen MR) is 91.5 cm³/mol. The summed E-state index contributed by atoms with van der Waals surface area (Å²) in [5.74, 6) is 5.73. The molecule has 0 aromatic heterocycles. The molecule has 3 heterocycles. The van der Waals surface area contributed by atoms with E-state index in [2.05, 4.69) is 0 Å². The van der Waals surface area contributed by atoms with E-state index in [4.69, 9.17) is 9.47 Å². The van der Waals surface area contributed by atoms with Crippen LogP contribution in [0.15, 0.2) is 0 Å². The average Bonchev–Trinajstić information content (AvgIpc) is 3.34. The Balaban J connectivity index is 1.42. The zero-order chi connectivity index (χ0) is 15.9. The third kappa shape index (κ3) is 0.786. The normalized spacial score (nSPS) is 73.9. The SMILES string of the molecule is C1CC[C@@]23C4C5C6C7C(C4[C@@]24CCCC[C@]74O[C@]63OC1)C51CCCC1. The molecule has 0 radical (unpaired) electrons. The van der Waals surface area contributed by atoms with Crippen LogP contribution in [0, 0.1) is 51.8 Å². The maximum Gasteiger partial charge on any atom is 0.179 e. The Bertz CT molecular complexity index is 740. The summed E-state index contributed by atoms with van der Waals surface area (Å²) in [5, 5.41) is 0. The lowest BCUT2D eigenvalue weighted by atomic mass is 9.33. The molecule has 134 valence electrons. The van der Waals surface area contributed by atoms with Gasteiger partial charge in [-0.05, 0) is 67.6 Å². The topological polar surface area (TPSA) is 18.5 Å². The summed E-state index contributed by atoms with van der Waals surface area (Å²) in [7, 11) is 0. The van der Waals surface area contributed by atoms with E-state index in [0.717, 1.165) is 47.5 Å². The Morgan fingerprint density at radius 1 is 0.560 bits per heavy atom. The number of hydrogen-bond donors (Lipinski definition) is 0. The molecule has 0 aromatic rings. The maximum absolute atomic E-state index is 7.39. The van der Waals surface area contributed by atoms with Crippen LogP contribution in [0.4, 0.5) is 0 Å². The highest BCUT2D eigenvalue weighted by atomic mass is 16.7. The molecule has 0 N–H and O–H groups in total. The fourth-order valence-electron chi connectivity index (χ4n) is 13.2. The van der Waals surface area contributed by atoms with Gasteiger partial charge in [-0.1, -0.05) is 32.1 Å². The molecule has 7 aliphatic carbocycles. The second kappa shape index (κ2) is 3.28. The Kier molecular flexibility index (Phi) is 1.72. The molecule has 6 unspecified atom stereocenters. The molecule has 3 saturated heterocycles.